The molecule has 0 bridgehead atoms. The molecule has 1 saturated heterocycles. The number of nitrogens with zero attached hydrogens (tertiary/aromatic N) is 1. The summed E-state index contributed by atoms with van der Waals surface area (Å²) in [5.41, 5.74) is 6.75. The minimum Gasteiger partial charge on any atom is -0.493 e. The van der Waals surface area contributed by atoms with Crippen molar-refractivity contribution < 1.29 is 14.6 Å². The van der Waals surface area contributed by atoms with Crippen LogP contribution in [0.25, 0.3) is 0 Å². The van der Waals surface area contributed by atoms with Crippen LogP contribution in [0.2, 0.25) is 0 Å². The van der Waals surface area contributed by atoms with E-state index in [1.54, 1.807) is 0 Å². The lowest BCUT2D eigenvalue weighted by Gasteiger charge is -2.38. The van der Waals surface area contributed by atoms with E-state index in [9.17, 15) is 9.90 Å². The maximum absolute atomic E-state index is 11.1. The number of β-amino-alcohol motifs (C(OH)–C–C–N with tert-alkyl or cyclic N) is 1. The Bertz CT molecular complexity index is 546. The van der Waals surface area contributed by atoms with Crippen molar-refractivity contribution in [2.24, 2.45) is 5.73 Å². The third-order valence-corrected chi connectivity index (χ3v) is 4.30. The largest absolute Gasteiger partial charge is 0.493 e. The van der Waals surface area contributed by atoms with Crippen molar-refractivity contribution in [1.29, 1.82) is 0 Å². The summed E-state index contributed by atoms with van der Waals surface area (Å²) in [6.45, 7) is 2.99. The van der Waals surface area contributed by atoms with Crippen molar-refractivity contribution >= 4 is 5.91 Å². The van der Waals surface area contributed by atoms with Gasteiger partial charge in [0.2, 0.25) is 5.91 Å². The lowest BCUT2D eigenvalue weighted by Crippen LogP contribution is -2.49. The van der Waals surface area contributed by atoms with Crippen LogP contribution in [0, 0.1) is 0 Å². The number of benzene rings is 1. The molecule has 3 N–H and O–H groups in total. The van der Waals surface area contributed by atoms with E-state index in [1.165, 1.54) is 11.1 Å². The summed E-state index contributed by atoms with van der Waals surface area (Å²) < 4.78 is 5.52. The zero-order valence-electron chi connectivity index (χ0n) is 12.2. The molecule has 114 valence electrons. The van der Waals surface area contributed by atoms with Crippen molar-refractivity contribution in [3.05, 3.63) is 29.3 Å². The first-order chi connectivity index (χ1) is 10.0. The molecule has 1 fully saturated rings. The molecule has 5 nitrogen and oxygen atoms in total. The van der Waals surface area contributed by atoms with E-state index in [1.807, 2.05) is 6.07 Å². The van der Waals surface area contributed by atoms with Crippen LogP contribution in [0.5, 0.6) is 5.75 Å². The predicted octanol–water partition coefficient (Wildman–Crippen LogP) is 0.824. The van der Waals surface area contributed by atoms with E-state index in [-0.39, 0.29) is 6.42 Å². The Labute approximate surface area is 124 Å². The summed E-state index contributed by atoms with van der Waals surface area (Å²) in [6, 6.07) is 6.28. The SMILES string of the molecule is NC(=O)CC1(O)CCCN(Cc2ccc3c(c2)CCO3)C1. The van der Waals surface area contributed by atoms with Crippen molar-refractivity contribution in [3.63, 3.8) is 0 Å². The number of hydrogen-bond donors (Lipinski definition) is 2. The quantitative estimate of drug-likeness (QED) is 0.861. The highest BCUT2D eigenvalue weighted by molar-refractivity contribution is 5.75. The van der Waals surface area contributed by atoms with Gasteiger partial charge in [-0.1, -0.05) is 12.1 Å². The van der Waals surface area contributed by atoms with Crippen LogP contribution in [0.4, 0.5) is 0 Å². The average molecular weight is 290 g/mol. The summed E-state index contributed by atoms with van der Waals surface area (Å²) in [5, 5.41) is 10.5. The number of carbonyl (C=O) groups is 1. The Morgan fingerprint density at radius 2 is 2.33 bits per heavy atom. The van der Waals surface area contributed by atoms with E-state index in [0.29, 0.717) is 13.0 Å². The number of piperidine rings is 1. The molecular weight excluding hydrogens is 268 g/mol. The van der Waals surface area contributed by atoms with Crippen LogP contribution in [0.3, 0.4) is 0 Å². The van der Waals surface area contributed by atoms with Crippen LogP contribution >= 0.6 is 0 Å². The highest BCUT2D eigenvalue weighted by Crippen LogP contribution is 2.28. The average Bonchev–Trinajstić information content (AvgIpc) is 2.84. The van der Waals surface area contributed by atoms with E-state index >= 15 is 0 Å². The Balaban J connectivity index is 1.66. The molecule has 5 heteroatoms. The second-order valence-corrected chi connectivity index (χ2v) is 6.22. The molecule has 1 aromatic carbocycles. The van der Waals surface area contributed by atoms with Crippen LogP contribution in [-0.2, 0) is 17.8 Å². The maximum atomic E-state index is 11.1. The van der Waals surface area contributed by atoms with Crippen LogP contribution in [0.1, 0.15) is 30.4 Å². The van der Waals surface area contributed by atoms with Gasteiger partial charge in [-0.05, 0) is 36.6 Å². The molecule has 2 aliphatic heterocycles. The number of carbonyl (C=O) groups excluding carboxylic acids is 1. The second kappa shape index (κ2) is 5.66. The number of amides is 1. The second-order valence-electron chi connectivity index (χ2n) is 6.22. The van der Waals surface area contributed by atoms with Gasteiger partial charge in [-0.15, -0.1) is 0 Å². The highest BCUT2D eigenvalue weighted by atomic mass is 16.5. The molecule has 0 aliphatic carbocycles. The van der Waals surface area contributed by atoms with Gasteiger partial charge in [-0.3, -0.25) is 9.69 Å². The number of aliphatic hydroxyl groups is 1. The summed E-state index contributed by atoms with van der Waals surface area (Å²) in [5.74, 6) is 0.552. The van der Waals surface area contributed by atoms with E-state index < -0.39 is 11.5 Å². The molecule has 2 heterocycles. The maximum Gasteiger partial charge on any atom is 0.220 e. The molecule has 3 rings (SSSR count). The molecule has 1 amide bonds. The first-order valence-corrected chi connectivity index (χ1v) is 7.52. The number of nitrogens with two attached hydrogens (primary N) is 1. The normalized spacial score (nSPS) is 25.4. The zero-order valence-corrected chi connectivity index (χ0v) is 12.2. The first-order valence-electron chi connectivity index (χ1n) is 7.52. The molecule has 1 atom stereocenters. The minimum absolute atomic E-state index is 0.0432. The molecule has 0 aromatic heterocycles. The van der Waals surface area contributed by atoms with Gasteiger partial charge in [-0.2, -0.15) is 0 Å². The van der Waals surface area contributed by atoms with Gasteiger partial charge >= 0.3 is 0 Å². The smallest absolute Gasteiger partial charge is 0.220 e. The van der Waals surface area contributed by atoms with Crippen molar-refractivity contribution in [3.8, 4) is 5.75 Å². The first kappa shape index (κ1) is 14.4. The number of rotatable bonds is 4. The number of primary amides is 1. The summed E-state index contributed by atoms with van der Waals surface area (Å²) >= 11 is 0. The van der Waals surface area contributed by atoms with Crippen molar-refractivity contribution in [2.75, 3.05) is 19.7 Å². The van der Waals surface area contributed by atoms with Gasteiger partial charge in [0.15, 0.2) is 0 Å². The highest BCUT2D eigenvalue weighted by Gasteiger charge is 2.34. The predicted molar refractivity (Wildman–Crippen MR) is 78.9 cm³/mol. The molecule has 21 heavy (non-hydrogen) atoms. The summed E-state index contributed by atoms with van der Waals surface area (Å²) in [7, 11) is 0. The van der Waals surface area contributed by atoms with Crippen LogP contribution in [0.15, 0.2) is 18.2 Å². The third-order valence-electron chi connectivity index (χ3n) is 4.30. The molecule has 0 radical (unpaired) electrons. The Morgan fingerprint density at radius 3 is 3.14 bits per heavy atom. The van der Waals surface area contributed by atoms with Gasteiger partial charge < -0.3 is 15.6 Å². The Morgan fingerprint density at radius 1 is 1.48 bits per heavy atom. The fourth-order valence-corrected chi connectivity index (χ4v) is 3.41. The van der Waals surface area contributed by atoms with Crippen molar-refractivity contribution in [2.45, 2.75) is 37.8 Å². The molecule has 0 saturated carbocycles. The third kappa shape index (κ3) is 3.36. The van der Waals surface area contributed by atoms with Gasteiger partial charge in [-0.25, -0.2) is 0 Å². The molecular formula is C16H22N2O3. The van der Waals surface area contributed by atoms with E-state index in [2.05, 4.69) is 17.0 Å². The fourth-order valence-electron chi connectivity index (χ4n) is 3.41. The van der Waals surface area contributed by atoms with Crippen LogP contribution < -0.4 is 10.5 Å². The van der Waals surface area contributed by atoms with Gasteiger partial charge in [0.25, 0.3) is 0 Å². The molecule has 0 spiro atoms. The standard InChI is InChI=1S/C16H22N2O3/c17-15(19)9-16(20)5-1-6-18(11-16)10-12-2-3-14-13(8-12)4-7-21-14/h2-3,8,20H,1,4-7,9-11H2,(H2,17,19). The number of likely N-dealkylation sites (tertiary alicyclic amines) is 1. The number of hydrogen-bond acceptors (Lipinski definition) is 4. The monoisotopic (exact) mass is 290 g/mol. The molecule has 1 unspecified atom stereocenters. The van der Waals surface area contributed by atoms with Gasteiger partial charge in [0, 0.05) is 19.5 Å². The van der Waals surface area contributed by atoms with Gasteiger partial charge in [0.1, 0.15) is 5.75 Å². The molecule has 1 aromatic rings. The van der Waals surface area contributed by atoms with E-state index in [4.69, 9.17) is 10.5 Å². The lowest BCUT2D eigenvalue weighted by atomic mass is 9.89. The fraction of sp³-hybridized carbons (Fsp3) is 0.562. The summed E-state index contributed by atoms with van der Waals surface area (Å²) in [4.78, 5) is 13.3. The number of fused-ring (bicyclic) bond motifs is 1. The summed E-state index contributed by atoms with van der Waals surface area (Å²) in [6.07, 6.45) is 2.54. The zero-order chi connectivity index (χ0) is 14.9. The number of ether oxygens (including phenoxy) is 1. The topological polar surface area (TPSA) is 75.8 Å². The Kier molecular flexibility index (Phi) is 3.87. The van der Waals surface area contributed by atoms with Crippen LogP contribution in [-0.4, -0.2) is 41.2 Å². The Hall–Kier alpha value is -1.59. The lowest BCUT2D eigenvalue weighted by molar-refractivity contribution is -0.125. The molecule has 2 aliphatic rings. The van der Waals surface area contributed by atoms with Crippen molar-refractivity contribution in [1.82, 2.24) is 4.90 Å². The van der Waals surface area contributed by atoms with Gasteiger partial charge in [0.05, 0.1) is 18.6 Å². The van der Waals surface area contributed by atoms with E-state index in [0.717, 1.165) is 38.3 Å². The minimum atomic E-state index is -0.968.